The maximum absolute atomic E-state index is 13.0. The van der Waals surface area contributed by atoms with Crippen molar-refractivity contribution in [2.75, 3.05) is 7.05 Å². The molecule has 0 spiro atoms. The van der Waals surface area contributed by atoms with Crippen molar-refractivity contribution in [1.29, 1.82) is 0 Å². The number of amides is 2. The summed E-state index contributed by atoms with van der Waals surface area (Å²) in [5, 5.41) is 0.669. The Morgan fingerprint density at radius 3 is 2.48 bits per heavy atom. The summed E-state index contributed by atoms with van der Waals surface area (Å²) < 4.78 is 0. The van der Waals surface area contributed by atoms with E-state index in [1.54, 1.807) is 23.0 Å². The first-order valence-corrected chi connectivity index (χ1v) is 9.33. The van der Waals surface area contributed by atoms with Crippen LogP contribution in [0.4, 0.5) is 0 Å². The number of fused-ring (bicyclic) bond motifs is 1. The van der Waals surface area contributed by atoms with E-state index in [0.29, 0.717) is 5.02 Å². The van der Waals surface area contributed by atoms with E-state index in [-0.39, 0.29) is 30.3 Å². The van der Waals surface area contributed by atoms with Gasteiger partial charge in [-0.05, 0) is 41.8 Å². The van der Waals surface area contributed by atoms with E-state index in [4.69, 9.17) is 11.6 Å². The van der Waals surface area contributed by atoms with Gasteiger partial charge in [0.2, 0.25) is 11.8 Å². The van der Waals surface area contributed by atoms with Gasteiger partial charge in [-0.1, -0.05) is 48.0 Å². The van der Waals surface area contributed by atoms with Crippen molar-refractivity contribution < 1.29 is 9.59 Å². The molecule has 0 N–H and O–H groups in total. The lowest BCUT2D eigenvalue weighted by Gasteiger charge is -2.34. The molecule has 0 bridgehead atoms. The standard InChI is InChI=1S/C22H23ClN2O2/c1-15(17-8-10-19(23)11-9-17)24(3)22(27)14-21-20-7-5-4-6-18(20)12-13-25(21)16(2)26/h4-13,15,21H,14H2,1-3H3. The van der Waals surface area contributed by atoms with Crippen molar-refractivity contribution in [1.82, 2.24) is 9.80 Å². The van der Waals surface area contributed by atoms with Crippen LogP contribution < -0.4 is 0 Å². The van der Waals surface area contributed by atoms with E-state index in [2.05, 4.69) is 0 Å². The molecule has 4 nitrogen and oxygen atoms in total. The van der Waals surface area contributed by atoms with E-state index < -0.39 is 0 Å². The highest BCUT2D eigenvalue weighted by atomic mass is 35.5. The van der Waals surface area contributed by atoms with E-state index >= 15 is 0 Å². The Labute approximate surface area is 165 Å². The van der Waals surface area contributed by atoms with Gasteiger partial charge in [-0.25, -0.2) is 0 Å². The van der Waals surface area contributed by atoms with Gasteiger partial charge in [0.25, 0.3) is 0 Å². The van der Waals surface area contributed by atoms with E-state index in [1.807, 2.05) is 61.5 Å². The van der Waals surface area contributed by atoms with E-state index in [1.165, 1.54) is 6.92 Å². The third kappa shape index (κ3) is 4.06. The molecule has 2 unspecified atom stereocenters. The van der Waals surface area contributed by atoms with Crippen LogP contribution in [0.1, 0.15) is 49.0 Å². The van der Waals surface area contributed by atoms with Gasteiger partial charge in [-0.2, -0.15) is 0 Å². The SMILES string of the molecule is CC(=O)N1C=Cc2ccccc2C1CC(=O)N(C)C(C)c1ccc(Cl)cc1. The van der Waals surface area contributed by atoms with Gasteiger partial charge in [0, 0.05) is 25.2 Å². The molecule has 0 aliphatic carbocycles. The third-order valence-corrected chi connectivity index (χ3v) is 5.42. The molecule has 1 heterocycles. The predicted octanol–water partition coefficient (Wildman–Crippen LogP) is 4.82. The summed E-state index contributed by atoms with van der Waals surface area (Å²) in [6.07, 6.45) is 3.92. The van der Waals surface area contributed by atoms with Gasteiger partial charge in [0.1, 0.15) is 0 Å². The number of carbonyl (C=O) groups is 2. The largest absolute Gasteiger partial charge is 0.339 e. The fraction of sp³-hybridized carbons (Fsp3) is 0.273. The van der Waals surface area contributed by atoms with Crippen LogP contribution in [-0.2, 0) is 9.59 Å². The molecule has 0 saturated heterocycles. The highest BCUT2D eigenvalue weighted by Gasteiger charge is 2.30. The van der Waals surface area contributed by atoms with Crippen LogP contribution in [0.3, 0.4) is 0 Å². The Hall–Kier alpha value is -2.59. The van der Waals surface area contributed by atoms with Crippen molar-refractivity contribution in [3.8, 4) is 0 Å². The first-order chi connectivity index (χ1) is 12.9. The van der Waals surface area contributed by atoms with Crippen molar-refractivity contribution >= 4 is 29.5 Å². The van der Waals surface area contributed by atoms with Crippen LogP contribution in [0.25, 0.3) is 6.08 Å². The summed E-state index contributed by atoms with van der Waals surface area (Å²) in [6.45, 7) is 3.51. The Bertz CT molecular complexity index is 876. The summed E-state index contributed by atoms with van der Waals surface area (Å²) in [5.41, 5.74) is 3.06. The minimum atomic E-state index is -0.295. The quantitative estimate of drug-likeness (QED) is 0.760. The zero-order valence-electron chi connectivity index (χ0n) is 15.7. The fourth-order valence-electron chi connectivity index (χ4n) is 3.40. The molecule has 2 aromatic carbocycles. The molecule has 2 atom stereocenters. The zero-order chi connectivity index (χ0) is 19.6. The molecule has 0 radical (unpaired) electrons. The molecule has 1 aliphatic heterocycles. The van der Waals surface area contributed by atoms with Crippen LogP contribution in [-0.4, -0.2) is 28.7 Å². The molecule has 27 heavy (non-hydrogen) atoms. The summed E-state index contributed by atoms with van der Waals surface area (Å²) >= 11 is 5.96. The lowest BCUT2D eigenvalue weighted by atomic mass is 9.93. The zero-order valence-corrected chi connectivity index (χ0v) is 16.5. The van der Waals surface area contributed by atoms with Crippen molar-refractivity contribution in [2.45, 2.75) is 32.4 Å². The minimum absolute atomic E-state index is 0.0150. The van der Waals surface area contributed by atoms with Crippen LogP contribution in [0.2, 0.25) is 5.02 Å². The smallest absolute Gasteiger partial charge is 0.225 e. The number of hydrogen-bond donors (Lipinski definition) is 0. The topological polar surface area (TPSA) is 40.6 Å². The summed E-state index contributed by atoms with van der Waals surface area (Å²) in [5.74, 6) is -0.0919. The molecule has 3 rings (SSSR count). The number of benzene rings is 2. The van der Waals surface area contributed by atoms with Gasteiger partial charge >= 0.3 is 0 Å². The summed E-state index contributed by atoms with van der Waals surface area (Å²) in [4.78, 5) is 28.5. The average molecular weight is 383 g/mol. The molecule has 0 aromatic heterocycles. The first kappa shape index (κ1) is 19.2. The second-order valence-electron chi connectivity index (χ2n) is 6.82. The maximum Gasteiger partial charge on any atom is 0.225 e. The van der Waals surface area contributed by atoms with Crippen molar-refractivity contribution in [3.63, 3.8) is 0 Å². The molecule has 1 aliphatic rings. The lowest BCUT2D eigenvalue weighted by Crippen LogP contribution is -2.36. The average Bonchev–Trinajstić information content (AvgIpc) is 2.67. The second-order valence-corrected chi connectivity index (χ2v) is 7.26. The van der Waals surface area contributed by atoms with Crippen LogP contribution >= 0.6 is 11.6 Å². The molecule has 0 fully saturated rings. The Morgan fingerprint density at radius 2 is 1.81 bits per heavy atom. The van der Waals surface area contributed by atoms with Crippen LogP contribution in [0.15, 0.2) is 54.7 Å². The molecule has 2 aromatic rings. The molecule has 140 valence electrons. The number of hydrogen-bond acceptors (Lipinski definition) is 2. The molecule has 0 saturated carbocycles. The Kier molecular flexibility index (Phi) is 5.66. The van der Waals surface area contributed by atoms with Crippen molar-refractivity contribution in [2.24, 2.45) is 0 Å². The van der Waals surface area contributed by atoms with Gasteiger partial charge in [0.05, 0.1) is 18.5 Å². The Balaban J connectivity index is 1.81. The monoisotopic (exact) mass is 382 g/mol. The molecular formula is C22H23ClN2O2. The van der Waals surface area contributed by atoms with Gasteiger partial charge in [-0.3, -0.25) is 9.59 Å². The minimum Gasteiger partial charge on any atom is -0.339 e. The molecule has 5 heteroatoms. The van der Waals surface area contributed by atoms with Crippen LogP contribution in [0, 0.1) is 0 Å². The maximum atomic E-state index is 13.0. The highest BCUT2D eigenvalue weighted by molar-refractivity contribution is 6.30. The second kappa shape index (κ2) is 7.97. The summed E-state index contributed by atoms with van der Waals surface area (Å²) in [7, 11) is 1.80. The van der Waals surface area contributed by atoms with Gasteiger partial charge < -0.3 is 9.80 Å². The third-order valence-electron chi connectivity index (χ3n) is 5.16. The Morgan fingerprint density at radius 1 is 1.15 bits per heavy atom. The van der Waals surface area contributed by atoms with Crippen LogP contribution in [0.5, 0.6) is 0 Å². The van der Waals surface area contributed by atoms with Crippen molar-refractivity contribution in [3.05, 3.63) is 76.4 Å². The number of rotatable bonds is 4. The molecular weight excluding hydrogens is 360 g/mol. The normalized spacial score (nSPS) is 16.6. The molecule has 2 amide bonds. The number of halogens is 1. The van der Waals surface area contributed by atoms with Gasteiger partial charge in [-0.15, -0.1) is 0 Å². The first-order valence-electron chi connectivity index (χ1n) is 8.95. The predicted molar refractivity (Wildman–Crippen MR) is 108 cm³/mol. The highest BCUT2D eigenvalue weighted by Crippen LogP contribution is 2.34. The van der Waals surface area contributed by atoms with E-state index in [0.717, 1.165) is 16.7 Å². The van der Waals surface area contributed by atoms with Gasteiger partial charge in [0.15, 0.2) is 0 Å². The van der Waals surface area contributed by atoms with E-state index in [9.17, 15) is 9.59 Å². The number of carbonyl (C=O) groups excluding carboxylic acids is 2. The fourth-order valence-corrected chi connectivity index (χ4v) is 3.53. The number of nitrogens with zero attached hydrogens (tertiary/aromatic N) is 2. The summed E-state index contributed by atoms with van der Waals surface area (Å²) in [6, 6.07) is 15.0. The lowest BCUT2D eigenvalue weighted by molar-refractivity contribution is -0.135.